The first-order valence-electron chi connectivity index (χ1n) is 4.69. The van der Waals surface area contributed by atoms with Gasteiger partial charge in [0, 0.05) is 0 Å². The number of esters is 2. The molecule has 7 nitrogen and oxygen atoms in total. The minimum absolute atomic E-state index is 0. The summed E-state index contributed by atoms with van der Waals surface area (Å²) < 4.78 is 32.7. The zero-order valence-electron chi connectivity index (χ0n) is 9.74. The molecule has 0 heterocycles. The zero-order valence-corrected chi connectivity index (χ0v) is 9.74. The molecule has 2 unspecified atom stereocenters. The number of halogens is 2. The van der Waals surface area contributed by atoms with Crippen molar-refractivity contribution in [2.75, 3.05) is 0 Å². The zero-order chi connectivity index (χ0) is 15.4. The van der Waals surface area contributed by atoms with Gasteiger partial charge in [-0.2, -0.15) is 8.78 Å². The van der Waals surface area contributed by atoms with Crippen LogP contribution >= 0.6 is 0 Å². The molecule has 20 heavy (non-hydrogen) atoms. The van der Waals surface area contributed by atoms with Gasteiger partial charge in [0.2, 0.25) is 0 Å². The van der Waals surface area contributed by atoms with Gasteiger partial charge in [0.15, 0.2) is 0 Å². The van der Waals surface area contributed by atoms with Crippen LogP contribution < -0.4 is 0 Å². The van der Waals surface area contributed by atoms with E-state index < -0.39 is 38.4 Å². The first kappa shape index (κ1) is 23.9. The van der Waals surface area contributed by atoms with Crippen molar-refractivity contribution in [1.82, 2.24) is 0 Å². The molecule has 2 atom stereocenters. The van der Waals surface area contributed by atoms with Gasteiger partial charge < -0.3 is 24.5 Å². The maximum atomic E-state index is 12.4. The third-order valence-electron chi connectivity index (χ3n) is 1.15. The van der Waals surface area contributed by atoms with Gasteiger partial charge in [-0.3, -0.25) is 9.59 Å². The molecule has 3 N–H and O–H groups in total. The summed E-state index contributed by atoms with van der Waals surface area (Å²) in [4.78, 5) is 21.5. The van der Waals surface area contributed by atoms with E-state index in [0.29, 0.717) is 0 Å². The molecule has 0 aromatic carbocycles. The van der Waals surface area contributed by atoms with E-state index in [4.69, 9.17) is 15.1 Å². The van der Waals surface area contributed by atoms with Crippen molar-refractivity contribution in [3.05, 3.63) is 25.3 Å². The molecule has 0 aliphatic carbocycles. The molecule has 11 heteroatoms. The normalized spacial score (nSPS) is 11.4. The summed E-state index contributed by atoms with van der Waals surface area (Å²) >= 11 is 0. The summed E-state index contributed by atoms with van der Waals surface area (Å²) in [7, 11) is -2.17. The van der Waals surface area contributed by atoms with E-state index in [-0.39, 0.29) is 18.9 Å². The number of ether oxygens (including phenoxy) is 2. The molecular weight excluding hydrogens is 276 g/mol. The molecule has 0 aliphatic rings. The van der Waals surface area contributed by atoms with E-state index in [0.717, 1.165) is 12.2 Å². The molecule has 0 aliphatic heterocycles. The van der Waals surface area contributed by atoms with E-state index in [1.54, 1.807) is 0 Å². The number of hydrogen-bond donors (Lipinski definition) is 3. The Morgan fingerprint density at radius 2 is 1.30 bits per heavy atom. The van der Waals surface area contributed by atoms with Gasteiger partial charge in [-0.15, -0.1) is 0 Å². The van der Waals surface area contributed by atoms with Crippen LogP contribution in [-0.4, -0.2) is 65.9 Å². The fraction of sp³-hybridized carbons (Fsp3) is 0.333. The van der Waals surface area contributed by atoms with Crippen LogP contribution in [0.5, 0.6) is 0 Å². The monoisotopic (exact) mass is 290 g/mol. The van der Waals surface area contributed by atoms with Gasteiger partial charge in [0.1, 0.15) is 6.42 Å². The predicted octanol–water partition coefficient (Wildman–Crippen LogP) is -1.27. The van der Waals surface area contributed by atoms with E-state index >= 15 is 0 Å². The van der Waals surface area contributed by atoms with Crippen molar-refractivity contribution in [3.63, 3.8) is 0 Å². The van der Waals surface area contributed by atoms with Gasteiger partial charge in [-0.1, -0.05) is 13.2 Å². The van der Waals surface area contributed by atoms with Crippen LogP contribution in [0.3, 0.4) is 0 Å². The number of hydrogen-bond acceptors (Lipinski definition) is 7. The van der Waals surface area contributed by atoms with Crippen molar-refractivity contribution in [2.24, 2.45) is 0 Å². The van der Waals surface area contributed by atoms with Crippen molar-refractivity contribution in [2.45, 2.75) is 19.1 Å². The van der Waals surface area contributed by atoms with Crippen molar-refractivity contribution < 1.29 is 42.9 Å². The third-order valence-corrected chi connectivity index (χ3v) is 1.15. The van der Waals surface area contributed by atoms with Crippen molar-refractivity contribution in [3.8, 4) is 0 Å². The Hall–Kier alpha value is -1.18. The topological polar surface area (TPSA) is 113 Å². The van der Waals surface area contributed by atoms with Gasteiger partial charge >= 0.3 is 38.1 Å². The summed E-state index contributed by atoms with van der Waals surface area (Å²) in [6.45, 7) is 6.03. The summed E-state index contributed by atoms with van der Waals surface area (Å²) in [5, 5.41) is 21.5. The summed E-state index contributed by atoms with van der Waals surface area (Å²) in [6.07, 6.45) is -3.41. The molecule has 0 amide bonds. The molecule has 0 aromatic rings. The molecule has 0 bridgehead atoms. The molecule has 0 rings (SSSR count). The molecule has 0 spiro atoms. The Morgan fingerprint density at radius 1 is 1.05 bits per heavy atom. The Kier molecular flexibility index (Phi) is 17.0. The Morgan fingerprint density at radius 3 is 1.50 bits per heavy atom. The second-order valence-electron chi connectivity index (χ2n) is 2.68. The van der Waals surface area contributed by atoms with Crippen LogP contribution in [0.25, 0.3) is 0 Å². The van der Waals surface area contributed by atoms with E-state index in [1.807, 2.05) is 0 Å². The first-order valence-corrected chi connectivity index (χ1v) is 4.69. The van der Waals surface area contributed by atoms with E-state index in [2.05, 4.69) is 22.6 Å². The summed E-state index contributed by atoms with van der Waals surface area (Å²) in [6, 6.07) is 0. The molecule has 0 saturated carbocycles. The summed E-state index contributed by atoms with van der Waals surface area (Å²) in [5.41, 5.74) is 0. The Bertz CT molecular complexity index is 288. The quantitative estimate of drug-likeness (QED) is 0.242. The van der Waals surface area contributed by atoms with Crippen LogP contribution in [0.1, 0.15) is 6.42 Å². The SMILES string of the molecule is C=CC(F)OC(=O)CC(=O)OC(F)C=C.OB(O)O.[LiH]. The van der Waals surface area contributed by atoms with Crippen LogP contribution in [0.4, 0.5) is 8.78 Å². The van der Waals surface area contributed by atoms with Crippen LogP contribution in [0.15, 0.2) is 25.3 Å². The van der Waals surface area contributed by atoms with Gasteiger partial charge in [0.25, 0.3) is 12.7 Å². The molecule has 0 aromatic heterocycles. The van der Waals surface area contributed by atoms with Crippen LogP contribution in [0.2, 0.25) is 0 Å². The van der Waals surface area contributed by atoms with Gasteiger partial charge in [0.05, 0.1) is 0 Å². The van der Waals surface area contributed by atoms with Gasteiger partial charge in [-0.05, 0) is 12.2 Å². The Balaban J connectivity index is -0.000000508. The van der Waals surface area contributed by atoms with E-state index in [9.17, 15) is 18.4 Å². The molecule has 0 saturated heterocycles. The first-order chi connectivity index (χ1) is 8.72. The average Bonchev–Trinajstić information content (AvgIpc) is 2.27. The number of carbonyl (C=O) groups is 2. The standard InChI is InChI=1S/C9H10F2O4.BH3O3.Li.H/c1-3-6(10)14-8(12)5-9(13)15-7(11)4-2;2-1(3)4;;/h3-4,6-7H,1-2,5H2;2-4H;;. The van der Waals surface area contributed by atoms with E-state index in [1.165, 1.54) is 0 Å². The Labute approximate surface area is 126 Å². The van der Waals surface area contributed by atoms with Crippen LogP contribution in [-0.2, 0) is 19.1 Å². The fourth-order valence-corrected chi connectivity index (χ4v) is 0.549. The second-order valence-corrected chi connectivity index (χ2v) is 2.68. The molecule has 0 fully saturated rings. The predicted molar refractivity (Wildman–Crippen MR) is 66.5 cm³/mol. The second kappa shape index (κ2) is 14.2. The third kappa shape index (κ3) is 19.2. The number of alkyl halides is 2. The summed E-state index contributed by atoms with van der Waals surface area (Å²) in [5.74, 6) is -2.33. The fourth-order valence-electron chi connectivity index (χ4n) is 0.549. The van der Waals surface area contributed by atoms with Gasteiger partial charge in [-0.25, -0.2) is 0 Å². The van der Waals surface area contributed by atoms with Crippen LogP contribution in [0, 0.1) is 0 Å². The van der Waals surface area contributed by atoms with Crippen molar-refractivity contribution >= 4 is 38.1 Å². The minimum atomic E-state index is -2.17. The average molecular weight is 290 g/mol. The maximum absolute atomic E-state index is 12.4. The number of carbonyl (C=O) groups excluding carboxylic acids is 2. The van der Waals surface area contributed by atoms with Crippen molar-refractivity contribution in [1.29, 1.82) is 0 Å². The molecular formula is C9H14BF2LiO7. The molecule has 110 valence electrons. The molecule has 0 radical (unpaired) electrons. The number of rotatable bonds is 6.